The summed E-state index contributed by atoms with van der Waals surface area (Å²) in [6, 6.07) is -0.885. The van der Waals surface area contributed by atoms with Gasteiger partial charge in [0.05, 0.1) is 24.5 Å². The molecule has 0 aromatic carbocycles. The Balaban J connectivity index is 0. The third-order valence-corrected chi connectivity index (χ3v) is 5.30. The van der Waals surface area contributed by atoms with E-state index >= 15 is 0 Å². The Morgan fingerprint density at radius 3 is 1.64 bits per heavy atom. The number of aldehydes is 1. The molecule has 1 atom stereocenters. The Bertz CT molecular complexity index is 601. The van der Waals surface area contributed by atoms with Crippen molar-refractivity contribution in [1.29, 1.82) is 0 Å². The minimum absolute atomic E-state index is 0. The van der Waals surface area contributed by atoms with Crippen molar-refractivity contribution in [3.63, 3.8) is 0 Å². The first kappa shape index (κ1) is 34.3. The van der Waals surface area contributed by atoms with Gasteiger partial charge in [0.25, 0.3) is 0 Å². The second-order valence-electron chi connectivity index (χ2n) is 7.57. The Morgan fingerprint density at radius 1 is 0.818 bits per heavy atom. The Kier molecular flexibility index (Phi) is 20.3. The molecular weight excluding hydrogens is 583 g/mol. The first-order chi connectivity index (χ1) is 14.8. The molecule has 0 aromatic heterocycles. The number of hydrogen-bond donors (Lipinski definition) is 1. The van der Waals surface area contributed by atoms with Crippen molar-refractivity contribution in [2.24, 2.45) is 5.73 Å². The van der Waals surface area contributed by atoms with Crippen LogP contribution in [0.3, 0.4) is 0 Å². The predicted molar refractivity (Wildman–Crippen MR) is 106 cm³/mol. The van der Waals surface area contributed by atoms with Gasteiger partial charge in [-0.3, -0.25) is 19.6 Å². The summed E-state index contributed by atoms with van der Waals surface area (Å²) >= 11 is 0. The van der Waals surface area contributed by atoms with Gasteiger partial charge < -0.3 is 45.7 Å². The molecule has 1 aliphatic heterocycles. The van der Waals surface area contributed by atoms with Crippen LogP contribution in [0.1, 0.15) is 12.8 Å². The number of carboxylic acid groups (broad SMARTS) is 3. The first-order valence-electron chi connectivity index (χ1n) is 10.4. The van der Waals surface area contributed by atoms with Crippen LogP contribution in [0.15, 0.2) is 0 Å². The average Bonchev–Trinajstić information content (AvgIpc) is 2.68. The molecule has 1 unspecified atom stereocenters. The van der Waals surface area contributed by atoms with Crippen molar-refractivity contribution in [2.75, 3.05) is 78.5 Å². The van der Waals surface area contributed by atoms with Crippen LogP contribution >= 0.6 is 0 Å². The van der Waals surface area contributed by atoms with Crippen molar-refractivity contribution < 1.29 is 79.9 Å². The molecule has 0 bridgehead atoms. The van der Waals surface area contributed by atoms with E-state index in [2.05, 4.69) is 0 Å². The van der Waals surface area contributed by atoms with Crippen LogP contribution < -0.4 is 21.1 Å². The van der Waals surface area contributed by atoms with Gasteiger partial charge in [0.1, 0.15) is 6.29 Å². The van der Waals surface area contributed by atoms with Gasteiger partial charge in [-0.15, -0.1) is 0 Å². The normalized spacial score (nSPS) is 18.6. The van der Waals surface area contributed by atoms with Crippen LogP contribution in [-0.2, 0) is 19.2 Å². The van der Waals surface area contributed by atoms with Gasteiger partial charge in [0.2, 0.25) is 0 Å². The van der Waals surface area contributed by atoms with E-state index in [-0.39, 0.29) is 91.2 Å². The van der Waals surface area contributed by atoms with Gasteiger partial charge in [-0.25, -0.2) is 0 Å². The van der Waals surface area contributed by atoms with Crippen LogP contribution in [-0.4, -0.2) is 134 Å². The maximum Gasteiger partial charge on any atom is 0.133 e. The van der Waals surface area contributed by atoms with Crippen LogP contribution in [0, 0.1) is 39.9 Å². The number of aliphatic carboxylic acids is 3. The zero-order valence-corrected chi connectivity index (χ0v) is 20.8. The molecule has 0 amide bonds. The summed E-state index contributed by atoms with van der Waals surface area (Å²) in [6.07, 6.45) is 1.53. The van der Waals surface area contributed by atoms with Crippen molar-refractivity contribution in [2.45, 2.75) is 18.9 Å². The summed E-state index contributed by atoms with van der Waals surface area (Å²) in [5.41, 5.74) is 5.52. The third kappa shape index (κ3) is 14.9. The van der Waals surface area contributed by atoms with Crippen molar-refractivity contribution in [3.8, 4) is 0 Å². The molecule has 1 rings (SSSR count). The van der Waals surface area contributed by atoms with Crippen LogP contribution in [0.2, 0.25) is 0 Å². The molecule has 1 fully saturated rings. The van der Waals surface area contributed by atoms with E-state index in [9.17, 15) is 34.5 Å². The molecular formula is C19H33GdN5O8-4. The quantitative estimate of drug-likeness (QED) is 0.215. The van der Waals surface area contributed by atoms with Crippen LogP contribution in [0.4, 0.5) is 0 Å². The zero-order valence-electron chi connectivity index (χ0n) is 18.6. The number of nitrogens with two attached hydrogens (primary N) is 1. The summed E-state index contributed by atoms with van der Waals surface area (Å²) in [4.78, 5) is 51.7. The van der Waals surface area contributed by atoms with Gasteiger partial charge >= 0.3 is 0 Å². The molecule has 0 saturated carbocycles. The molecule has 14 heteroatoms. The predicted octanol–water partition coefficient (Wildman–Crippen LogP) is -6.41. The van der Waals surface area contributed by atoms with Crippen LogP contribution in [0.5, 0.6) is 0 Å². The van der Waals surface area contributed by atoms with Crippen molar-refractivity contribution in [3.05, 3.63) is 0 Å². The SMILES string of the molecule is NCCCC(C(=O)[O-])N1CCN(CC=O)CCN(CC(=O)[O-])CCN(CC(=O)[O-])CC1.[Gd].[OH-]. The fraction of sp³-hybridized carbons (Fsp3) is 0.789. The smallest absolute Gasteiger partial charge is 0.133 e. The molecule has 13 nitrogen and oxygen atoms in total. The number of hydrogen-bond acceptors (Lipinski definition) is 13. The van der Waals surface area contributed by atoms with E-state index in [0.29, 0.717) is 45.6 Å². The summed E-state index contributed by atoms with van der Waals surface area (Å²) in [5.74, 6) is -3.75. The summed E-state index contributed by atoms with van der Waals surface area (Å²) in [7, 11) is 0. The molecule has 3 N–H and O–H groups in total. The van der Waals surface area contributed by atoms with E-state index in [1.54, 1.807) is 14.7 Å². The number of rotatable bonds is 11. The maximum absolute atomic E-state index is 11.7. The minimum Gasteiger partial charge on any atom is -0.870 e. The maximum atomic E-state index is 11.7. The molecule has 0 aromatic rings. The van der Waals surface area contributed by atoms with Crippen molar-refractivity contribution in [1.82, 2.24) is 19.6 Å². The largest absolute Gasteiger partial charge is 0.870 e. The van der Waals surface area contributed by atoms with E-state index in [4.69, 9.17) is 5.73 Å². The molecule has 1 aliphatic rings. The summed E-state index contributed by atoms with van der Waals surface area (Å²) in [5, 5.41) is 33.9. The number of carbonyl (C=O) groups is 4. The molecule has 1 heterocycles. The summed E-state index contributed by atoms with van der Waals surface area (Å²) in [6.45, 7) is 2.23. The second kappa shape index (κ2) is 19.5. The third-order valence-electron chi connectivity index (χ3n) is 5.30. The molecule has 0 radical (unpaired) electrons. The molecule has 33 heavy (non-hydrogen) atoms. The van der Waals surface area contributed by atoms with Crippen LogP contribution in [0.25, 0.3) is 0 Å². The fourth-order valence-electron chi connectivity index (χ4n) is 3.59. The standard InChI is InChI=1S/C19H35N5O7.Gd.H2O/c20-3-1-2-16(19(30)31)24-10-8-21(12-13-25)4-5-22(14-17(26)27)6-7-23(9-11-24)15-18(28)29;;/h13,16H,1-12,14-15,20H2,(H,26,27)(H,28,29)(H,30,31);;1H2/p-4. The summed E-state index contributed by atoms with van der Waals surface area (Å²) < 4.78 is 0. The van der Waals surface area contributed by atoms with Gasteiger partial charge in [-0.1, -0.05) is 0 Å². The zero-order chi connectivity index (χ0) is 23.2. The Morgan fingerprint density at radius 2 is 1.24 bits per heavy atom. The van der Waals surface area contributed by atoms with Crippen molar-refractivity contribution >= 4 is 24.2 Å². The van der Waals surface area contributed by atoms with Gasteiger partial charge in [0.15, 0.2) is 0 Å². The number of carboxylic acids is 3. The van der Waals surface area contributed by atoms with E-state index in [0.717, 1.165) is 6.29 Å². The molecule has 0 aliphatic carbocycles. The number of carbonyl (C=O) groups excluding carboxylic acids is 4. The molecule has 194 valence electrons. The second-order valence-corrected chi connectivity index (χ2v) is 7.57. The van der Waals surface area contributed by atoms with E-state index in [1.807, 2.05) is 4.90 Å². The molecule has 1 saturated heterocycles. The molecule has 0 spiro atoms. The Hall–Kier alpha value is -0.835. The van der Waals surface area contributed by atoms with Gasteiger partial charge in [-0.2, -0.15) is 0 Å². The van der Waals surface area contributed by atoms with Gasteiger partial charge in [-0.05, 0) is 19.4 Å². The van der Waals surface area contributed by atoms with Gasteiger partial charge in [0, 0.05) is 111 Å². The average molecular weight is 617 g/mol. The monoisotopic (exact) mass is 617 g/mol. The fourth-order valence-corrected chi connectivity index (χ4v) is 3.59. The number of nitrogens with zero attached hydrogens (tertiary/aromatic N) is 4. The van der Waals surface area contributed by atoms with E-state index < -0.39 is 23.9 Å². The first-order valence-corrected chi connectivity index (χ1v) is 10.4. The Labute approximate surface area is 225 Å². The topological polar surface area (TPSA) is 206 Å². The van der Waals surface area contributed by atoms with E-state index in [1.165, 1.54) is 0 Å². The minimum atomic E-state index is -1.28.